The second-order valence-corrected chi connectivity index (χ2v) is 38.8. The van der Waals surface area contributed by atoms with Crippen molar-refractivity contribution in [2.45, 2.75) is 255 Å². The van der Waals surface area contributed by atoms with Crippen LogP contribution in [-0.4, -0.2) is 348 Å². The van der Waals surface area contributed by atoms with E-state index in [-0.39, 0.29) is 102 Å². The lowest BCUT2D eigenvalue weighted by molar-refractivity contribution is -0.149. The summed E-state index contributed by atoms with van der Waals surface area (Å²) >= 11 is 0.724. The van der Waals surface area contributed by atoms with Crippen LogP contribution >= 0.6 is 11.8 Å². The van der Waals surface area contributed by atoms with Gasteiger partial charge in [0.2, 0.25) is 112 Å². The summed E-state index contributed by atoms with van der Waals surface area (Å²) < 4.78 is 1.43. The fourth-order valence-corrected chi connectivity index (χ4v) is 18.4. The minimum absolute atomic E-state index is 0.0359. The highest BCUT2D eigenvalue weighted by atomic mass is 32.2. The van der Waals surface area contributed by atoms with Gasteiger partial charge in [-0.25, -0.2) is 0 Å². The standard InChI is InChI=1S/C98H140N22O25S/c1-11-13-25-74-91(138)109-65(36-54(3)4)89(136)114-72(88(135)105-47-81(126)104-46-80(125)103-45-79(124)101-34-20-19-29-84(129)130)52-146-53-83(128)108-68(38-57-30-32-60(121)33-31-57)94(141)115(8)56(7)86(133)111-70(42-78(100)123)96(143)119-35-21-28-75(119)92(139)113-71(43-99)90(137)112-67(37-55(5)6)97(144)120-50-61(122)41-77(120)93(140)110-66(39-58-44-102-64-24-17-15-22-62(58)64)87(134)106-48-82(127)107-69(95(142)117(10)76(26-14-12-2)98(145)116(74)9)40-59-49-118(51-85(131)132)73-27-18-16-23-63(59)73/h15-18,22-24,27,30-33,44,49,54-56,61,65-72,74-77,102,121-122H,11-14,19-21,25-26,28-29,34-43,45-48,50-53,99H2,1-10H3,(H2,100,123)(H,101,124)(H,103,125)(H,104,126)(H,105,135)(H,106,134)(H,107,127)(H,108,128)(H,109,138)(H,110,140)(H,111,133)(H,112,137)(H,113,139)(H,114,136)(H,129,130)(H,131,132)/t56-,61+,65-,66-,67-,68-,69-,70-,71-,72-,74-,75-,76-,77+/m0/s1. The second-order valence-electron chi connectivity index (χ2n) is 37.7. The molecule has 8 rings (SSSR count). The summed E-state index contributed by atoms with van der Waals surface area (Å²) in [7, 11) is 3.85. The molecule has 47 nitrogen and oxygen atoms in total. The van der Waals surface area contributed by atoms with Crippen molar-refractivity contribution in [1.29, 1.82) is 0 Å². The molecule has 19 amide bonds. The highest BCUT2D eigenvalue weighted by Gasteiger charge is 2.47. The number of nitrogens with two attached hydrogens (primary N) is 2. The summed E-state index contributed by atoms with van der Waals surface area (Å²) in [5, 5.41) is 75.2. The summed E-state index contributed by atoms with van der Waals surface area (Å²) in [6, 6.07) is -1.10. The Morgan fingerprint density at radius 3 is 1.73 bits per heavy atom. The number of aliphatic carboxylic acids is 2. The Labute approximate surface area is 849 Å². The number of rotatable bonds is 33. The molecule has 0 radical (unpaired) electrons. The molecule has 0 aliphatic carbocycles. The molecule has 3 aliphatic rings. The smallest absolute Gasteiger partial charge is 0.323 e. The highest BCUT2D eigenvalue weighted by molar-refractivity contribution is 8.00. The van der Waals surface area contributed by atoms with E-state index in [9.17, 15) is 82.4 Å². The zero-order valence-corrected chi connectivity index (χ0v) is 84.8. The van der Waals surface area contributed by atoms with Crippen LogP contribution in [0.5, 0.6) is 5.75 Å². The maximum Gasteiger partial charge on any atom is 0.323 e. The van der Waals surface area contributed by atoms with Crippen molar-refractivity contribution in [3.63, 3.8) is 0 Å². The number of aromatic nitrogens is 2. The monoisotopic (exact) mass is 2060 g/mol. The molecule has 48 heteroatoms. The number of hydrogen-bond donors (Lipinski definition) is 20. The fourth-order valence-electron chi connectivity index (χ4n) is 17.5. The third kappa shape index (κ3) is 34.7. The van der Waals surface area contributed by atoms with E-state index in [0.717, 1.165) is 36.3 Å². The fraction of sp³-hybridized carbons (Fsp3) is 0.561. The van der Waals surface area contributed by atoms with Gasteiger partial charge in [0.15, 0.2) is 0 Å². The number of carbonyl (C=O) groups excluding carboxylic acids is 19. The Kier molecular flexibility index (Phi) is 45.5. The van der Waals surface area contributed by atoms with E-state index < -0.39 is 278 Å². The van der Waals surface area contributed by atoms with Gasteiger partial charge < -0.3 is 135 Å². The van der Waals surface area contributed by atoms with Crippen molar-refractivity contribution < 1.29 is 121 Å². The van der Waals surface area contributed by atoms with Gasteiger partial charge in [-0.3, -0.25) is 101 Å². The average molecular weight is 2060 g/mol. The number of carboxylic acids is 2. The number of aliphatic hydroxyl groups is 1. The molecule has 3 saturated heterocycles. The molecular weight excluding hydrogens is 1920 g/mol. The molecule has 3 aromatic carbocycles. The molecule has 0 bridgehead atoms. The van der Waals surface area contributed by atoms with Crippen LogP contribution in [0, 0.1) is 11.8 Å². The van der Waals surface area contributed by atoms with Crippen LogP contribution in [0.25, 0.3) is 21.8 Å². The first-order chi connectivity index (χ1) is 69.3. The number of aliphatic hydroxyl groups excluding tert-OH is 1. The quantitative estimate of drug-likeness (QED) is 0.0188. The normalized spacial score (nSPS) is 23.2. The summed E-state index contributed by atoms with van der Waals surface area (Å²) in [6.07, 6.45) is 1.40. The number of phenolic OH excluding ortho intramolecular Hbond substituents is 1. The van der Waals surface area contributed by atoms with E-state index in [2.05, 4.69) is 74.1 Å². The van der Waals surface area contributed by atoms with Crippen LogP contribution in [0.1, 0.15) is 161 Å². The molecular formula is C98H140N22O25S. The first-order valence-electron chi connectivity index (χ1n) is 49.1. The van der Waals surface area contributed by atoms with Gasteiger partial charge in [-0.15, -0.1) is 11.8 Å². The van der Waals surface area contributed by atoms with Crippen molar-refractivity contribution in [3.8, 4) is 5.75 Å². The van der Waals surface area contributed by atoms with Gasteiger partial charge in [-0.1, -0.05) is 116 Å². The molecule has 22 N–H and O–H groups in total. The lowest BCUT2D eigenvalue weighted by Crippen LogP contribution is -2.61. The van der Waals surface area contributed by atoms with Crippen molar-refractivity contribution in [3.05, 3.63) is 102 Å². The van der Waals surface area contributed by atoms with Crippen LogP contribution in [0.3, 0.4) is 0 Å². The number of benzene rings is 3. The molecule has 3 aliphatic heterocycles. The number of likely N-dealkylation sites (N-methyl/N-ethyl adjacent to an activating group) is 3. The molecule has 0 spiro atoms. The van der Waals surface area contributed by atoms with E-state index >= 15 is 33.6 Å². The number of aromatic amines is 1. The van der Waals surface area contributed by atoms with Crippen molar-refractivity contribution in [1.82, 2.24) is 103 Å². The van der Waals surface area contributed by atoms with Crippen molar-refractivity contribution in [2.24, 2.45) is 23.3 Å². The SMILES string of the molecule is CCCC[C@H]1C(=O)N(C)[C@@H](CCCC)C(=O)N[C@@H](CC(C)C)C(=O)N[C@H](C(=O)NCC(=O)NCC(=O)NCC(=O)NCCCCC(=O)O)CSCC(=O)N[C@@H](Cc2ccc(O)cc2)C(=O)N(C)[C@@H](C)C(=O)N[C@@H](CC(N)=O)C(=O)N2CCC[C@H]2C(=O)N[C@@H](CN)C(=O)N[C@@H](CC(C)C)C(=O)N2C[C@H](O)C[C@@H]2C(=O)N[C@@H](Cc2c[nH]c3ccccc23)C(=O)NCC(=O)N[C@@H](Cc2cn(CC(=O)O)c3ccccc23)C(=O)N1C. The van der Waals surface area contributed by atoms with E-state index in [1.54, 1.807) is 82.4 Å². The van der Waals surface area contributed by atoms with Gasteiger partial charge in [0.1, 0.15) is 90.8 Å². The third-order valence-electron chi connectivity index (χ3n) is 25.4. The molecule has 14 atom stereocenters. The first kappa shape index (κ1) is 117. The van der Waals surface area contributed by atoms with Crippen LogP contribution in [-0.2, 0) is 126 Å². The third-order valence-corrected chi connectivity index (χ3v) is 26.5. The molecule has 2 aromatic heterocycles. The molecule has 798 valence electrons. The van der Waals surface area contributed by atoms with E-state index in [1.165, 1.54) is 63.1 Å². The molecule has 3 fully saturated rings. The number of para-hydroxylation sites is 2. The van der Waals surface area contributed by atoms with Gasteiger partial charge in [-0.2, -0.15) is 0 Å². The number of hydrogen-bond acceptors (Lipinski definition) is 25. The second kappa shape index (κ2) is 56.8. The van der Waals surface area contributed by atoms with Crippen LogP contribution in [0.4, 0.5) is 0 Å². The lowest BCUT2D eigenvalue weighted by Gasteiger charge is -2.36. The number of fused-ring (bicyclic) bond motifs is 4. The van der Waals surface area contributed by atoms with Gasteiger partial charge in [0.05, 0.1) is 44.5 Å². The summed E-state index contributed by atoms with van der Waals surface area (Å²) in [5.41, 5.74) is 14.2. The molecule has 0 unspecified atom stereocenters. The number of carboxylic acid groups (broad SMARTS) is 2. The maximum atomic E-state index is 15.8. The van der Waals surface area contributed by atoms with Crippen molar-refractivity contribution in [2.75, 3.05) is 85.0 Å². The Morgan fingerprint density at radius 2 is 1.08 bits per heavy atom. The number of nitrogens with zero attached hydrogens (tertiary/aromatic N) is 6. The van der Waals surface area contributed by atoms with E-state index in [1.807, 2.05) is 13.8 Å². The maximum absolute atomic E-state index is 15.8. The predicted molar refractivity (Wildman–Crippen MR) is 533 cm³/mol. The number of primary amides is 1. The Hall–Kier alpha value is -14.3. The zero-order valence-electron chi connectivity index (χ0n) is 83.9. The van der Waals surface area contributed by atoms with Gasteiger partial charge in [0.25, 0.3) is 0 Å². The number of amides is 19. The minimum Gasteiger partial charge on any atom is -0.508 e. The Balaban J connectivity index is 1.17. The van der Waals surface area contributed by atoms with Gasteiger partial charge in [0, 0.05) is 119 Å². The number of unbranched alkanes of at least 4 members (excludes halogenated alkanes) is 3. The lowest BCUT2D eigenvalue weighted by atomic mass is 9.99. The number of phenols is 1. The Morgan fingerprint density at radius 1 is 0.527 bits per heavy atom. The molecule has 146 heavy (non-hydrogen) atoms. The van der Waals surface area contributed by atoms with Gasteiger partial charge >= 0.3 is 11.9 Å². The summed E-state index contributed by atoms with van der Waals surface area (Å²) in [4.78, 5) is 308. The molecule has 5 heterocycles. The summed E-state index contributed by atoms with van der Waals surface area (Å²) in [5.74, 6) is -22.0. The minimum atomic E-state index is -1.80. The number of nitrogens with one attached hydrogen (secondary N) is 14. The van der Waals surface area contributed by atoms with E-state index in [4.69, 9.17) is 16.6 Å². The molecule has 0 saturated carbocycles. The molecule has 5 aromatic rings. The van der Waals surface area contributed by atoms with E-state index in [0.29, 0.717) is 70.6 Å². The predicted octanol–water partition coefficient (Wildman–Crippen LogP) is -2.84. The topological polar surface area (TPSA) is 685 Å². The van der Waals surface area contributed by atoms with Crippen LogP contribution in [0.15, 0.2) is 85.2 Å². The van der Waals surface area contributed by atoms with Crippen molar-refractivity contribution >= 4 is 158 Å². The average Bonchev–Trinajstić information content (AvgIpc) is 1.65. The first-order valence-corrected chi connectivity index (χ1v) is 50.2. The van der Waals surface area contributed by atoms with Crippen LogP contribution < -0.4 is 80.6 Å². The number of H-pyrrole nitrogens is 1. The number of aromatic hydroxyl groups is 1. The van der Waals surface area contributed by atoms with Crippen LogP contribution in [0.2, 0.25) is 0 Å². The van der Waals surface area contributed by atoms with Gasteiger partial charge in [-0.05, 0) is 111 Å². The highest BCUT2D eigenvalue weighted by Crippen LogP contribution is 2.29. The largest absolute Gasteiger partial charge is 0.508 e. The number of carbonyl (C=O) groups is 21. The number of thioether (sulfide) groups is 1. The summed E-state index contributed by atoms with van der Waals surface area (Å²) in [6.45, 7) is 7.21. The zero-order chi connectivity index (χ0) is 107. The Bertz CT molecular complexity index is 5500.